The molecule has 0 atom stereocenters. The van der Waals surface area contributed by atoms with Crippen LogP contribution < -0.4 is 10.9 Å². The Morgan fingerprint density at radius 2 is 1.91 bits per heavy atom. The lowest BCUT2D eigenvalue weighted by Gasteiger charge is -2.24. The number of benzene rings is 1. The molecule has 5 nitrogen and oxygen atoms in total. The van der Waals surface area contributed by atoms with Crippen molar-refractivity contribution >= 4 is 23.2 Å². The Morgan fingerprint density at radius 3 is 2.52 bits per heavy atom. The second-order valence-corrected chi connectivity index (χ2v) is 6.28. The molecule has 1 aromatic heterocycles. The number of aromatic nitrogens is 1. The molecule has 118 valence electrons. The minimum absolute atomic E-state index is 0.203. The van der Waals surface area contributed by atoms with E-state index < -0.39 is 5.41 Å². The van der Waals surface area contributed by atoms with E-state index in [9.17, 15) is 9.59 Å². The highest BCUT2D eigenvalue weighted by atomic mass is 35.5. The number of carbonyl (C=O) groups excluding carboxylic acids is 1. The molecular weight excluding hydrogens is 314 g/mol. The van der Waals surface area contributed by atoms with Gasteiger partial charge >= 0.3 is 0 Å². The van der Waals surface area contributed by atoms with Gasteiger partial charge in [0.15, 0.2) is 0 Å². The number of amides is 1. The first-order chi connectivity index (χ1) is 10.8. The largest absolute Gasteiger partial charge is 0.326 e. The number of nitrogens with one attached hydrogen (secondary N) is 1. The zero-order valence-electron chi connectivity index (χ0n) is 12.8. The van der Waals surface area contributed by atoms with E-state index in [0.717, 1.165) is 0 Å². The summed E-state index contributed by atoms with van der Waals surface area (Å²) in [6.45, 7) is 3.70. The summed E-state index contributed by atoms with van der Waals surface area (Å²) in [6.07, 6.45) is 1.51. The summed E-state index contributed by atoms with van der Waals surface area (Å²) >= 11 is 5.90. The first-order valence-corrected chi connectivity index (χ1v) is 7.37. The van der Waals surface area contributed by atoms with E-state index in [0.29, 0.717) is 16.3 Å². The Balaban J connectivity index is 2.14. The van der Waals surface area contributed by atoms with Crippen molar-refractivity contribution in [3.05, 3.63) is 63.5 Å². The highest BCUT2D eigenvalue weighted by Crippen LogP contribution is 2.21. The van der Waals surface area contributed by atoms with Crippen molar-refractivity contribution in [1.82, 2.24) is 4.57 Å². The number of hydrogen-bond donors (Lipinski definition) is 1. The number of nitriles is 1. The van der Waals surface area contributed by atoms with Crippen LogP contribution in [0.4, 0.5) is 5.69 Å². The Labute approximate surface area is 139 Å². The Hall–Kier alpha value is -2.58. The lowest BCUT2D eigenvalue weighted by molar-refractivity contribution is -0.124. The Morgan fingerprint density at radius 1 is 1.26 bits per heavy atom. The van der Waals surface area contributed by atoms with Gasteiger partial charge in [-0.3, -0.25) is 9.59 Å². The zero-order chi connectivity index (χ0) is 17.0. The maximum atomic E-state index is 12.5. The Bertz CT molecular complexity index is 817. The summed E-state index contributed by atoms with van der Waals surface area (Å²) in [5.41, 5.74) is 0.0875. The average molecular weight is 330 g/mol. The normalized spacial score (nSPS) is 10.9. The van der Waals surface area contributed by atoms with Crippen molar-refractivity contribution in [3.8, 4) is 6.07 Å². The van der Waals surface area contributed by atoms with Crippen molar-refractivity contribution < 1.29 is 4.79 Å². The van der Waals surface area contributed by atoms with Crippen LogP contribution in [-0.4, -0.2) is 10.5 Å². The second kappa shape index (κ2) is 6.67. The van der Waals surface area contributed by atoms with Crippen molar-refractivity contribution in [2.24, 2.45) is 5.41 Å². The molecule has 23 heavy (non-hydrogen) atoms. The van der Waals surface area contributed by atoms with Crippen LogP contribution in [0.15, 0.2) is 47.4 Å². The summed E-state index contributed by atoms with van der Waals surface area (Å²) < 4.78 is 1.42. The highest BCUT2D eigenvalue weighted by molar-refractivity contribution is 6.30. The zero-order valence-corrected chi connectivity index (χ0v) is 13.6. The number of pyridine rings is 1. The van der Waals surface area contributed by atoms with Crippen LogP contribution in [-0.2, 0) is 11.3 Å². The second-order valence-electron chi connectivity index (χ2n) is 5.84. The van der Waals surface area contributed by atoms with Crippen molar-refractivity contribution in [2.75, 3.05) is 5.32 Å². The molecule has 0 radical (unpaired) electrons. The third kappa shape index (κ3) is 4.21. The SMILES string of the molecule is CC(C)(Cn1cc(Cl)ccc1=O)C(=O)Nc1ccc(C#N)cc1. The van der Waals surface area contributed by atoms with Crippen LogP contribution in [0.5, 0.6) is 0 Å². The van der Waals surface area contributed by atoms with Crippen LogP contribution in [0.3, 0.4) is 0 Å². The monoisotopic (exact) mass is 329 g/mol. The van der Waals surface area contributed by atoms with Crippen molar-refractivity contribution in [2.45, 2.75) is 20.4 Å². The molecule has 0 spiro atoms. The number of rotatable bonds is 4. The molecular formula is C17H16ClN3O2. The van der Waals surface area contributed by atoms with E-state index in [-0.39, 0.29) is 18.0 Å². The fourth-order valence-corrected chi connectivity index (χ4v) is 2.23. The topological polar surface area (TPSA) is 74.9 Å². The molecule has 2 aromatic rings. The van der Waals surface area contributed by atoms with Gasteiger partial charge < -0.3 is 9.88 Å². The van der Waals surface area contributed by atoms with Gasteiger partial charge in [-0.2, -0.15) is 5.26 Å². The summed E-state index contributed by atoms with van der Waals surface area (Å²) in [5, 5.41) is 12.0. The molecule has 1 N–H and O–H groups in total. The van der Waals surface area contributed by atoms with Crippen LogP contribution >= 0.6 is 11.6 Å². The molecule has 1 heterocycles. The van der Waals surface area contributed by atoms with Crippen molar-refractivity contribution in [3.63, 3.8) is 0 Å². The quantitative estimate of drug-likeness (QED) is 0.936. The maximum Gasteiger partial charge on any atom is 0.250 e. The van der Waals surface area contributed by atoms with Gasteiger partial charge in [-0.1, -0.05) is 11.6 Å². The molecule has 1 amide bonds. The van der Waals surface area contributed by atoms with Crippen molar-refractivity contribution in [1.29, 1.82) is 5.26 Å². The lowest BCUT2D eigenvalue weighted by atomic mass is 9.92. The van der Waals surface area contributed by atoms with E-state index in [1.807, 2.05) is 6.07 Å². The fourth-order valence-electron chi connectivity index (χ4n) is 2.05. The first kappa shape index (κ1) is 16.8. The summed E-state index contributed by atoms with van der Waals surface area (Å²) in [5.74, 6) is -0.228. The van der Waals surface area contributed by atoms with E-state index in [2.05, 4.69) is 5.32 Å². The van der Waals surface area contributed by atoms with E-state index in [1.54, 1.807) is 38.1 Å². The smallest absolute Gasteiger partial charge is 0.250 e. The van der Waals surface area contributed by atoms with Crippen LogP contribution in [0.1, 0.15) is 19.4 Å². The molecule has 0 aliphatic heterocycles. The summed E-state index contributed by atoms with van der Waals surface area (Å²) in [7, 11) is 0. The molecule has 2 rings (SSSR count). The number of anilines is 1. The molecule has 0 bridgehead atoms. The molecule has 0 saturated heterocycles. The molecule has 1 aromatic carbocycles. The fraction of sp³-hybridized carbons (Fsp3) is 0.235. The maximum absolute atomic E-state index is 12.5. The molecule has 0 saturated carbocycles. The number of nitrogens with zero attached hydrogens (tertiary/aromatic N) is 2. The van der Waals surface area contributed by atoms with Crippen LogP contribution in [0.2, 0.25) is 5.02 Å². The van der Waals surface area contributed by atoms with E-state index in [1.165, 1.54) is 22.9 Å². The lowest BCUT2D eigenvalue weighted by Crippen LogP contribution is -2.37. The summed E-state index contributed by atoms with van der Waals surface area (Å²) in [6, 6.07) is 11.5. The standard InChI is InChI=1S/C17H16ClN3O2/c1-17(2,11-21-10-13(18)5-8-15(21)22)16(23)20-14-6-3-12(9-19)4-7-14/h3-8,10H,11H2,1-2H3,(H,20,23). The van der Waals surface area contributed by atoms with Gasteiger partial charge in [0, 0.05) is 24.5 Å². The molecule has 0 aliphatic rings. The van der Waals surface area contributed by atoms with Gasteiger partial charge in [0.25, 0.3) is 5.56 Å². The van der Waals surface area contributed by atoms with E-state index >= 15 is 0 Å². The van der Waals surface area contributed by atoms with Gasteiger partial charge in [0.1, 0.15) is 0 Å². The van der Waals surface area contributed by atoms with Gasteiger partial charge in [-0.15, -0.1) is 0 Å². The number of halogens is 1. The van der Waals surface area contributed by atoms with Crippen LogP contribution in [0, 0.1) is 16.7 Å². The van der Waals surface area contributed by atoms with Gasteiger partial charge in [-0.05, 0) is 44.2 Å². The third-order valence-electron chi connectivity index (χ3n) is 3.40. The predicted molar refractivity (Wildman–Crippen MR) is 89.3 cm³/mol. The third-order valence-corrected chi connectivity index (χ3v) is 3.62. The van der Waals surface area contributed by atoms with E-state index in [4.69, 9.17) is 16.9 Å². The summed E-state index contributed by atoms with van der Waals surface area (Å²) in [4.78, 5) is 24.3. The van der Waals surface area contributed by atoms with Gasteiger partial charge in [0.05, 0.1) is 22.1 Å². The number of hydrogen-bond acceptors (Lipinski definition) is 3. The number of carbonyl (C=O) groups is 1. The first-order valence-electron chi connectivity index (χ1n) is 6.99. The average Bonchev–Trinajstić information content (AvgIpc) is 2.51. The minimum atomic E-state index is -0.817. The van der Waals surface area contributed by atoms with Gasteiger partial charge in [0.2, 0.25) is 5.91 Å². The minimum Gasteiger partial charge on any atom is -0.326 e. The molecule has 0 fully saturated rings. The Kier molecular flexibility index (Phi) is 4.87. The highest BCUT2D eigenvalue weighted by Gasteiger charge is 2.28. The molecule has 0 unspecified atom stereocenters. The molecule has 6 heteroatoms. The predicted octanol–water partition coefficient (Wildman–Crippen LogP) is 3.04. The van der Waals surface area contributed by atoms with Crippen LogP contribution in [0.25, 0.3) is 0 Å². The molecule has 0 aliphatic carbocycles. The van der Waals surface area contributed by atoms with Gasteiger partial charge in [-0.25, -0.2) is 0 Å².